The summed E-state index contributed by atoms with van der Waals surface area (Å²) in [5.74, 6) is -2.61. The summed E-state index contributed by atoms with van der Waals surface area (Å²) in [5, 5.41) is 24.9. The second kappa shape index (κ2) is 10.2. The van der Waals surface area contributed by atoms with Crippen molar-refractivity contribution < 1.29 is 46.1 Å². The molecular formula is C25H22F6N4O4. The Balaban J connectivity index is 1.71. The fourth-order valence-electron chi connectivity index (χ4n) is 4.42. The van der Waals surface area contributed by atoms with Gasteiger partial charge < -0.3 is 20.4 Å². The van der Waals surface area contributed by atoms with Gasteiger partial charge in [-0.25, -0.2) is 9.48 Å². The van der Waals surface area contributed by atoms with Gasteiger partial charge in [0.15, 0.2) is 5.69 Å². The molecule has 39 heavy (non-hydrogen) atoms. The molecule has 0 aliphatic carbocycles. The Kier molecular flexibility index (Phi) is 7.34. The molecule has 0 bridgehead atoms. The molecule has 2 heterocycles. The van der Waals surface area contributed by atoms with Crippen molar-refractivity contribution in [2.24, 2.45) is 0 Å². The maximum Gasteiger partial charge on any atom is 0.436 e. The first-order valence-corrected chi connectivity index (χ1v) is 11.6. The molecule has 0 radical (unpaired) electrons. The van der Waals surface area contributed by atoms with Crippen LogP contribution < -0.4 is 10.2 Å². The van der Waals surface area contributed by atoms with E-state index in [1.807, 2.05) is 0 Å². The van der Waals surface area contributed by atoms with Crippen LogP contribution in [0.2, 0.25) is 0 Å². The van der Waals surface area contributed by atoms with Gasteiger partial charge in [-0.15, -0.1) is 0 Å². The Labute approximate surface area is 217 Å². The average Bonchev–Trinajstić information content (AvgIpc) is 3.42. The van der Waals surface area contributed by atoms with E-state index in [0.717, 1.165) is 16.8 Å². The van der Waals surface area contributed by atoms with Gasteiger partial charge in [-0.05, 0) is 42.3 Å². The van der Waals surface area contributed by atoms with E-state index in [1.165, 1.54) is 48.2 Å². The summed E-state index contributed by atoms with van der Waals surface area (Å²) in [6.07, 6.45) is -9.69. The average molecular weight is 556 g/mol. The molecule has 0 saturated carbocycles. The van der Waals surface area contributed by atoms with Crippen LogP contribution in [0.4, 0.5) is 32.2 Å². The number of aliphatic hydroxyl groups is 1. The zero-order valence-corrected chi connectivity index (χ0v) is 20.2. The number of alkyl halides is 6. The summed E-state index contributed by atoms with van der Waals surface area (Å²) >= 11 is 0. The molecule has 3 N–H and O–H groups in total. The lowest BCUT2D eigenvalue weighted by Gasteiger charge is -2.22. The van der Waals surface area contributed by atoms with Crippen LogP contribution in [0.25, 0.3) is 0 Å². The highest BCUT2D eigenvalue weighted by Gasteiger charge is 2.46. The maximum absolute atomic E-state index is 14.0. The molecule has 1 aliphatic rings. The zero-order chi connectivity index (χ0) is 28.7. The summed E-state index contributed by atoms with van der Waals surface area (Å²) in [5.41, 5.74) is -2.76. The molecule has 4 rings (SSSR count). The SMILES string of the molecule is C[C@H](NC(=O)c1c(C(F)(F)F)nn2c1N(Cc1cccc(C(F)(F)F)c1)C[C@H]2CO)c1ccc(C(=O)O)cc1. The van der Waals surface area contributed by atoms with Gasteiger partial charge in [0, 0.05) is 13.1 Å². The first-order chi connectivity index (χ1) is 18.2. The van der Waals surface area contributed by atoms with Crippen molar-refractivity contribution >= 4 is 17.7 Å². The number of carbonyl (C=O) groups excluding carboxylic acids is 1. The Bertz CT molecular complexity index is 1380. The number of nitrogens with one attached hydrogen (secondary N) is 1. The number of rotatable bonds is 7. The van der Waals surface area contributed by atoms with Gasteiger partial charge in [-0.3, -0.25) is 4.79 Å². The van der Waals surface area contributed by atoms with E-state index in [1.54, 1.807) is 0 Å². The van der Waals surface area contributed by atoms with E-state index in [2.05, 4.69) is 10.4 Å². The quantitative estimate of drug-likeness (QED) is 0.366. The van der Waals surface area contributed by atoms with Crippen LogP contribution in [0.15, 0.2) is 48.5 Å². The first-order valence-electron chi connectivity index (χ1n) is 11.6. The van der Waals surface area contributed by atoms with Crippen LogP contribution in [-0.4, -0.2) is 45.0 Å². The fourth-order valence-corrected chi connectivity index (χ4v) is 4.42. The monoisotopic (exact) mass is 556 g/mol. The number of carboxylic acid groups (broad SMARTS) is 1. The lowest BCUT2D eigenvalue weighted by Crippen LogP contribution is -2.31. The molecular weight excluding hydrogens is 534 g/mol. The van der Waals surface area contributed by atoms with Crippen LogP contribution in [0.1, 0.15) is 62.1 Å². The molecule has 8 nitrogen and oxygen atoms in total. The number of amides is 1. The van der Waals surface area contributed by atoms with Crippen LogP contribution in [0.5, 0.6) is 0 Å². The standard InChI is InChI=1S/C25H22F6N4O4/c1-13(15-5-7-16(8-6-15)23(38)39)32-21(37)19-20(25(29,30)31)33-35-18(12-36)11-34(22(19)35)10-14-3-2-4-17(9-14)24(26,27)28/h2-9,13,18,36H,10-12H2,1H3,(H,32,37)(H,38,39)/t13-,18-/m0/s1. The van der Waals surface area contributed by atoms with Crippen molar-refractivity contribution in [1.29, 1.82) is 0 Å². The number of anilines is 1. The van der Waals surface area contributed by atoms with Crippen molar-refractivity contribution in [3.8, 4) is 0 Å². The minimum atomic E-state index is -5.06. The van der Waals surface area contributed by atoms with Gasteiger partial charge in [-0.1, -0.05) is 24.3 Å². The fraction of sp³-hybridized carbons (Fsp3) is 0.320. The summed E-state index contributed by atoms with van der Waals surface area (Å²) in [6, 6.07) is 7.81. The molecule has 208 valence electrons. The van der Waals surface area contributed by atoms with Crippen LogP contribution in [0, 0.1) is 0 Å². The number of aliphatic hydroxyl groups excluding tert-OH is 1. The summed E-state index contributed by atoms with van der Waals surface area (Å²) in [6.45, 7) is 0.482. The molecule has 14 heteroatoms. The summed E-state index contributed by atoms with van der Waals surface area (Å²) in [4.78, 5) is 25.6. The largest absolute Gasteiger partial charge is 0.478 e. The van der Waals surface area contributed by atoms with Crippen molar-refractivity contribution in [3.05, 3.63) is 82.0 Å². The van der Waals surface area contributed by atoms with Gasteiger partial charge >= 0.3 is 18.3 Å². The number of hydrogen-bond donors (Lipinski definition) is 3. The lowest BCUT2D eigenvalue weighted by atomic mass is 10.1. The first kappa shape index (κ1) is 28.0. The van der Waals surface area contributed by atoms with Crippen molar-refractivity contribution in [2.45, 2.75) is 37.9 Å². The molecule has 0 saturated heterocycles. The van der Waals surface area contributed by atoms with E-state index in [0.29, 0.717) is 5.56 Å². The normalized spacial score (nSPS) is 16.2. The summed E-state index contributed by atoms with van der Waals surface area (Å²) in [7, 11) is 0. The van der Waals surface area contributed by atoms with Gasteiger partial charge in [0.05, 0.1) is 29.8 Å². The number of nitrogens with zero attached hydrogens (tertiary/aromatic N) is 3. The molecule has 3 aromatic rings. The maximum atomic E-state index is 14.0. The third kappa shape index (κ3) is 5.70. The molecule has 2 aromatic carbocycles. The van der Waals surface area contributed by atoms with Gasteiger partial charge in [-0.2, -0.15) is 31.4 Å². The van der Waals surface area contributed by atoms with Gasteiger partial charge in [0.1, 0.15) is 11.4 Å². The highest BCUT2D eigenvalue weighted by Crippen LogP contribution is 2.41. The number of carbonyl (C=O) groups is 2. The van der Waals surface area contributed by atoms with E-state index >= 15 is 0 Å². The Morgan fingerprint density at radius 3 is 2.31 bits per heavy atom. The Hall–Kier alpha value is -4.07. The van der Waals surface area contributed by atoms with Crippen molar-refractivity contribution in [1.82, 2.24) is 15.1 Å². The predicted octanol–water partition coefficient (Wildman–Crippen LogP) is 4.66. The number of aromatic nitrogens is 2. The number of hydrogen-bond acceptors (Lipinski definition) is 5. The zero-order valence-electron chi connectivity index (χ0n) is 20.2. The number of fused-ring (bicyclic) bond motifs is 1. The summed E-state index contributed by atoms with van der Waals surface area (Å²) < 4.78 is 82.4. The van der Waals surface area contributed by atoms with Crippen LogP contribution >= 0.6 is 0 Å². The predicted molar refractivity (Wildman–Crippen MR) is 125 cm³/mol. The molecule has 0 fully saturated rings. The third-order valence-electron chi connectivity index (χ3n) is 6.30. The van der Waals surface area contributed by atoms with Gasteiger partial charge in [0.2, 0.25) is 0 Å². The highest BCUT2D eigenvalue weighted by atomic mass is 19.4. The lowest BCUT2D eigenvalue weighted by molar-refractivity contribution is -0.142. The van der Waals surface area contributed by atoms with E-state index in [4.69, 9.17) is 5.11 Å². The van der Waals surface area contributed by atoms with E-state index in [-0.39, 0.29) is 30.0 Å². The second-order valence-electron chi connectivity index (χ2n) is 9.03. The molecule has 0 spiro atoms. The van der Waals surface area contributed by atoms with Crippen LogP contribution in [0.3, 0.4) is 0 Å². The van der Waals surface area contributed by atoms with Crippen LogP contribution in [-0.2, 0) is 18.9 Å². The minimum absolute atomic E-state index is 0.0219. The van der Waals surface area contributed by atoms with Gasteiger partial charge in [0.25, 0.3) is 5.91 Å². The molecule has 0 unspecified atom stereocenters. The number of carboxylic acids is 1. The number of aromatic carboxylic acids is 1. The van der Waals surface area contributed by atoms with Crippen molar-refractivity contribution in [2.75, 3.05) is 18.1 Å². The number of benzene rings is 2. The topological polar surface area (TPSA) is 108 Å². The third-order valence-corrected chi connectivity index (χ3v) is 6.30. The highest BCUT2D eigenvalue weighted by molar-refractivity contribution is 6.01. The van der Waals surface area contributed by atoms with Crippen molar-refractivity contribution in [3.63, 3.8) is 0 Å². The minimum Gasteiger partial charge on any atom is -0.478 e. The Morgan fingerprint density at radius 1 is 1.08 bits per heavy atom. The second-order valence-corrected chi connectivity index (χ2v) is 9.03. The van der Waals surface area contributed by atoms with E-state index < -0.39 is 59.7 Å². The molecule has 1 amide bonds. The smallest absolute Gasteiger partial charge is 0.436 e. The Morgan fingerprint density at radius 2 is 1.74 bits per heavy atom. The van der Waals surface area contributed by atoms with E-state index in [9.17, 15) is 41.0 Å². The molecule has 2 atom stereocenters. The molecule has 1 aliphatic heterocycles. The molecule has 1 aromatic heterocycles. The number of halogens is 6.